The lowest BCUT2D eigenvalue weighted by Crippen LogP contribution is -2.35. The summed E-state index contributed by atoms with van der Waals surface area (Å²) in [4.78, 5) is 20.6. The third-order valence-electron chi connectivity index (χ3n) is 3.75. The molecule has 1 amide bonds. The molecule has 0 aliphatic carbocycles. The minimum Gasteiger partial charge on any atom is -0.394 e. The number of carbonyl (C=O) groups excluding carboxylic acids is 1. The zero-order chi connectivity index (χ0) is 16.4. The van der Waals surface area contributed by atoms with Crippen LogP contribution in [0.25, 0.3) is 0 Å². The second kappa shape index (κ2) is 6.64. The minimum atomic E-state index is -0.508. The van der Waals surface area contributed by atoms with Crippen LogP contribution in [0.4, 0.5) is 0 Å². The number of nitrogens with zero attached hydrogens (tertiary/aromatic N) is 4. The molecule has 0 fully saturated rings. The number of rotatable bonds is 4. The van der Waals surface area contributed by atoms with Crippen LogP contribution < -0.4 is 0 Å². The van der Waals surface area contributed by atoms with Gasteiger partial charge in [0.25, 0.3) is 5.91 Å². The molecule has 1 aromatic rings. The Morgan fingerprint density at radius 1 is 1.30 bits per heavy atom. The lowest BCUT2D eigenvalue weighted by atomic mass is 10.1. The quantitative estimate of drug-likeness (QED) is 0.912. The summed E-state index contributed by atoms with van der Waals surface area (Å²) in [5.74, 6) is 0.513. The van der Waals surface area contributed by atoms with Crippen molar-refractivity contribution in [3.63, 3.8) is 0 Å². The molecule has 120 valence electrons. The van der Waals surface area contributed by atoms with E-state index in [1.807, 2.05) is 0 Å². The molecule has 1 N–H and O–H groups in total. The molecule has 0 aromatic heterocycles. The minimum absolute atomic E-state index is 0.0423. The van der Waals surface area contributed by atoms with E-state index < -0.39 is 5.92 Å². The van der Waals surface area contributed by atoms with Gasteiger partial charge in [0.05, 0.1) is 13.2 Å². The SMILES string of the molecule is Cc1ccc(C)c(CSC2=NC(=O)C3C=NN(CCO)C3=N2)c1. The fourth-order valence-corrected chi connectivity index (χ4v) is 3.36. The molecule has 1 atom stereocenters. The number of carbonyl (C=O) groups is 1. The summed E-state index contributed by atoms with van der Waals surface area (Å²) in [6.45, 7) is 4.41. The first-order chi connectivity index (χ1) is 11.1. The molecule has 2 aliphatic rings. The van der Waals surface area contributed by atoms with Crippen molar-refractivity contribution in [2.45, 2.75) is 19.6 Å². The lowest BCUT2D eigenvalue weighted by molar-refractivity contribution is -0.118. The van der Waals surface area contributed by atoms with Crippen LogP contribution in [-0.4, -0.2) is 46.4 Å². The number of aliphatic imine (C=N–C) groups is 2. The first-order valence-electron chi connectivity index (χ1n) is 7.41. The van der Waals surface area contributed by atoms with Gasteiger partial charge >= 0.3 is 0 Å². The number of fused-ring (bicyclic) bond motifs is 1. The largest absolute Gasteiger partial charge is 0.394 e. The van der Waals surface area contributed by atoms with Crippen molar-refractivity contribution in [1.29, 1.82) is 0 Å². The maximum Gasteiger partial charge on any atom is 0.264 e. The lowest BCUT2D eigenvalue weighted by Gasteiger charge is -2.19. The number of hydrogen-bond donors (Lipinski definition) is 1. The maximum atomic E-state index is 12.1. The van der Waals surface area contributed by atoms with Crippen LogP contribution in [0.5, 0.6) is 0 Å². The highest BCUT2D eigenvalue weighted by Crippen LogP contribution is 2.24. The number of thioether (sulfide) groups is 1. The molecule has 6 nitrogen and oxygen atoms in total. The Kier molecular flexibility index (Phi) is 4.58. The number of aliphatic hydroxyl groups is 1. The molecule has 0 radical (unpaired) electrons. The first-order valence-corrected chi connectivity index (χ1v) is 8.39. The van der Waals surface area contributed by atoms with Crippen molar-refractivity contribution < 1.29 is 9.90 Å². The summed E-state index contributed by atoms with van der Waals surface area (Å²) in [5, 5.41) is 15.2. The monoisotopic (exact) mass is 330 g/mol. The van der Waals surface area contributed by atoms with Gasteiger partial charge < -0.3 is 5.11 Å². The number of amidine groups is 2. The smallest absolute Gasteiger partial charge is 0.264 e. The van der Waals surface area contributed by atoms with E-state index in [9.17, 15) is 4.79 Å². The second-order valence-electron chi connectivity index (χ2n) is 5.51. The Bertz CT molecular complexity index is 727. The van der Waals surface area contributed by atoms with E-state index in [2.05, 4.69) is 47.1 Å². The highest BCUT2D eigenvalue weighted by molar-refractivity contribution is 8.13. The van der Waals surface area contributed by atoms with Gasteiger partial charge in [0.15, 0.2) is 5.17 Å². The molecular formula is C16H18N4O2S. The molecule has 7 heteroatoms. The Labute approximate surface area is 139 Å². The number of benzene rings is 1. The number of β-amino-alcohol motifs (C(OH)–C–C–N with tert-alkyl or cyclic N) is 1. The van der Waals surface area contributed by atoms with Gasteiger partial charge in [-0.15, -0.1) is 0 Å². The summed E-state index contributed by atoms with van der Waals surface area (Å²) in [6.07, 6.45) is 1.53. The van der Waals surface area contributed by atoms with Crippen LogP contribution in [-0.2, 0) is 10.5 Å². The Morgan fingerprint density at radius 2 is 2.13 bits per heavy atom. The number of hydrazone groups is 1. The van der Waals surface area contributed by atoms with E-state index in [1.54, 1.807) is 5.01 Å². The average molecular weight is 330 g/mol. The van der Waals surface area contributed by atoms with E-state index in [1.165, 1.54) is 34.7 Å². The van der Waals surface area contributed by atoms with Gasteiger partial charge in [-0.1, -0.05) is 35.5 Å². The summed E-state index contributed by atoms with van der Waals surface area (Å²) in [6, 6.07) is 6.31. The van der Waals surface area contributed by atoms with E-state index in [-0.39, 0.29) is 12.5 Å². The highest BCUT2D eigenvalue weighted by Gasteiger charge is 2.35. The highest BCUT2D eigenvalue weighted by atomic mass is 32.2. The van der Waals surface area contributed by atoms with Gasteiger partial charge in [-0.25, -0.2) is 10.0 Å². The van der Waals surface area contributed by atoms with Crippen molar-refractivity contribution in [1.82, 2.24) is 5.01 Å². The summed E-state index contributed by atoms with van der Waals surface area (Å²) < 4.78 is 0. The number of amides is 1. The predicted molar refractivity (Wildman–Crippen MR) is 92.9 cm³/mol. The van der Waals surface area contributed by atoms with Crippen LogP contribution in [0.15, 0.2) is 33.3 Å². The van der Waals surface area contributed by atoms with Gasteiger partial charge in [-0.3, -0.25) is 4.79 Å². The summed E-state index contributed by atoms with van der Waals surface area (Å²) in [5.41, 5.74) is 3.63. The summed E-state index contributed by atoms with van der Waals surface area (Å²) in [7, 11) is 0. The van der Waals surface area contributed by atoms with Gasteiger partial charge in [0.2, 0.25) is 0 Å². The average Bonchev–Trinajstić information content (AvgIpc) is 2.92. The van der Waals surface area contributed by atoms with E-state index >= 15 is 0 Å². The second-order valence-corrected chi connectivity index (χ2v) is 6.45. The maximum absolute atomic E-state index is 12.1. The van der Waals surface area contributed by atoms with Gasteiger partial charge in [0.1, 0.15) is 11.8 Å². The Morgan fingerprint density at radius 3 is 2.91 bits per heavy atom. The van der Waals surface area contributed by atoms with Gasteiger partial charge in [-0.2, -0.15) is 10.1 Å². The predicted octanol–water partition coefficient (Wildman–Crippen LogP) is 1.74. The number of aliphatic hydroxyl groups excluding tert-OH is 1. The van der Waals surface area contributed by atoms with Crippen LogP contribution >= 0.6 is 11.8 Å². The van der Waals surface area contributed by atoms with E-state index in [0.29, 0.717) is 23.3 Å². The van der Waals surface area contributed by atoms with Crippen molar-refractivity contribution in [3.05, 3.63) is 34.9 Å². The molecule has 0 bridgehead atoms. The zero-order valence-corrected chi connectivity index (χ0v) is 13.9. The van der Waals surface area contributed by atoms with Crippen LogP contribution in [0.1, 0.15) is 16.7 Å². The standard InChI is InChI=1S/C16H18N4O2S/c1-10-3-4-11(2)12(7-10)9-23-16-18-14-13(15(22)19-16)8-17-20(14)5-6-21/h3-4,7-8,13,21H,5-6,9H2,1-2H3. The molecule has 23 heavy (non-hydrogen) atoms. The molecule has 2 heterocycles. The van der Waals surface area contributed by atoms with Crippen LogP contribution in [0.3, 0.4) is 0 Å². The van der Waals surface area contributed by atoms with Crippen LogP contribution in [0, 0.1) is 19.8 Å². The first kappa shape index (κ1) is 15.9. The molecule has 0 spiro atoms. The molecule has 0 saturated heterocycles. The molecule has 1 unspecified atom stereocenters. The topological polar surface area (TPSA) is 77.6 Å². The molecule has 0 saturated carbocycles. The third-order valence-corrected chi connectivity index (χ3v) is 4.65. The normalized spacial score (nSPS) is 19.7. The molecule has 2 aliphatic heterocycles. The summed E-state index contributed by atoms with van der Waals surface area (Å²) >= 11 is 1.44. The van der Waals surface area contributed by atoms with Crippen molar-refractivity contribution in [3.8, 4) is 0 Å². The number of aryl methyl sites for hydroxylation is 2. The van der Waals surface area contributed by atoms with Gasteiger partial charge in [-0.05, 0) is 25.0 Å². The Balaban J connectivity index is 1.74. The van der Waals surface area contributed by atoms with Crippen molar-refractivity contribution in [2.75, 3.05) is 13.2 Å². The third kappa shape index (κ3) is 3.35. The molecule has 1 aromatic carbocycles. The van der Waals surface area contributed by atoms with E-state index in [0.717, 1.165) is 0 Å². The molecular weight excluding hydrogens is 312 g/mol. The zero-order valence-electron chi connectivity index (χ0n) is 13.1. The number of hydrogen-bond acceptors (Lipinski definition) is 6. The van der Waals surface area contributed by atoms with Crippen molar-refractivity contribution in [2.24, 2.45) is 21.0 Å². The Hall–Kier alpha value is -1.99. The van der Waals surface area contributed by atoms with E-state index in [4.69, 9.17) is 5.11 Å². The van der Waals surface area contributed by atoms with Gasteiger partial charge in [0, 0.05) is 12.0 Å². The molecule has 3 rings (SSSR count). The van der Waals surface area contributed by atoms with Crippen molar-refractivity contribution >= 4 is 34.9 Å². The fourth-order valence-electron chi connectivity index (χ4n) is 2.45. The fraction of sp³-hybridized carbons (Fsp3) is 0.375. The van der Waals surface area contributed by atoms with Crippen LogP contribution in [0.2, 0.25) is 0 Å².